The first-order valence-electron chi connectivity index (χ1n) is 11.2. The Morgan fingerprint density at radius 1 is 0.844 bits per heavy atom. The number of carbonyl (C=O) groups is 1. The van der Waals surface area contributed by atoms with E-state index in [4.69, 9.17) is 14.5 Å². The predicted octanol–water partition coefficient (Wildman–Crippen LogP) is 5.81. The number of hydrogen-bond donors (Lipinski definition) is 0. The van der Waals surface area contributed by atoms with Gasteiger partial charge in [-0.1, -0.05) is 67.4 Å². The molecule has 0 bridgehead atoms. The lowest BCUT2D eigenvalue weighted by molar-refractivity contribution is 0.103. The van der Waals surface area contributed by atoms with Crippen molar-refractivity contribution >= 4 is 11.5 Å². The summed E-state index contributed by atoms with van der Waals surface area (Å²) < 4.78 is 11.2. The van der Waals surface area contributed by atoms with Gasteiger partial charge >= 0.3 is 0 Å². The van der Waals surface area contributed by atoms with Crippen LogP contribution in [0.5, 0.6) is 11.5 Å². The zero-order valence-electron chi connectivity index (χ0n) is 18.5. The van der Waals surface area contributed by atoms with Gasteiger partial charge in [-0.15, -0.1) is 0 Å². The van der Waals surface area contributed by atoms with Gasteiger partial charge in [0, 0.05) is 28.2 Å². The number of aliphatic imine (C=N–C) groups is 1. The Labute approximate surface area is 188 Å². The Morgan fingerprint density at radius 3 is 2.22 bits per heavy atom. The Kier molecular flexibility index (Phi) is 5.52. The molecule has 3 aromatic carbocycles. The van der Waals surface area contributed by atoms with Crippen molar-refractivity contribution in [3.63, 3.8) is 0 Å². The van der Waals surface area contributed by atoms with E-state index in [2.05, 4.69) is 12.1 Å². The van der Waals surface area contributed by atoms with Crippen LogP contribution in [0.1, 0.15) is 64.2 Å². The second kappa shape index (κ2) is 8.62. The van der Waals surface area contributed by atoms with Gasteiger partial charge < -0.3 is 9.47 Å². The molecule has 0 saturated heterocycles. The van der Waals surface area contributed by atoms with E-state index in [0.717, 1.165) is 35.4 Å². The number of methoxy groups -OCH3 is 2. The lowest BCUT2D eigenvalue weighted by Gasteiger charge is -2.35. The van der Waals surface area contributed by atoms with Gasteiger partial charge in [0.1, 0.15) is 0 Å². The molecular weight excluding hydrogens is 398 g/mol. The molecule has 0 aromatic heterocycles. The molecule has 1 heterocycles. The van der Waals surface area contributed by atoms with Crippen molar-refractivity contribution in [1.82, 2.24) is 0 Å². The number of nitrogens with zero attached hydrogens (tertiary/aromatic N) is 1. The van der Waals surface area contributed by atoms with Gasteiger partial charge in [-0.2, -0.15) is 0 Å². The molecular formula is C28H27NO3. The Morgan fingerprint density at radius 2 is 1.50 bits per heavy atom. The van der Waals surface area contributed by atoms with E-state index in [9.17, 15) is 4.79 Å². The van der Waals surface area contributed by atoms with Gasteiger partial charge in [0.2, 0.25) is 0 Å². The molecule has 0 amide bonds. The average molecular weight is 426 g/mol. The van der Waals surface area contributed by atoms with Crippen LogP contribution >= 0.6 is 0 Å². The second-order valence-corrected chi connectivity index (χ2v) is 8.50. The van der Waals surface area contributed by atoms with Crippen LogP contribution in [-0.4, -0.2) is 31.8 Å². The van der Waals surface area contributed by atoms with Crippen molar-refractivity contribution in [3.05, 3.63) is 94.5 Å². The molecule has 1 aliphatic heterocycles. The summed E-state index contributed by atoms with van der Waals surface area (Å²) in [7, 11) is 3.35. The van der Waals surface area contributed by atoms with E-state index in [1.165, 1.54) is 18.4 Å². The number of hydrogen-bond acceptors (Lipinski definition) is 4. The molecule has 1 fully saturated rings. The molecule has 4 heteroatoms. The standard InChI is InChI=1S/C28H27NO3/c1-31-25-16-22-21-10-6-7-11-24(21)29-27(23(22)17-26(25)32-2)18-12-14-20(15-13-18)28(30)19-8-4-3-5-9-19/h3-5,8-9,12-17,21,24H,6-7,10-11H2,1-2H3. The maximum atomic E-state index is 12.8. The van der Waals surface area contributed by atoms with Crippen molar-refractivity contribution in [2.45, 2.75) is 37.6 Å². The molecule has 162 valence electrons. The van der Waals surface area contributed by atoms with Crippen molar-refractivity contribution in [3.8, 4) is 11.5 Å². The summed E-state index contributed by atoms with van der Waals surface area (Å²) in [6.07, 6.45) is 4.70. The quantitative estimate of drug-likeness (QED) is 0.485. The van der Waals surface area contributed by atoms with Crippen LogP contribution in [0.2, 0.25) is 0 Å². The zero-order valence-corrected chi connectivity index (χ0v) is 18.5. The van der Waals surface area contributed by atoms with Crippen LogP contribution in [0.15, 0.2) is 71.7 Å². The molecule has 5 rings (SSSR count). The van der Waals surface area contributed by atoms with E-state index in [0.29, 0.717) is 22.8 Å². The van der Waals surface area contributed by atoms with E-state index in [1.54, 1.807) is 14.2 Å². The minimum Gasteiger partial charge on any atom is -0.493 e. The first-order valence-corrected chi connectivity index (χ1v) is 11.2. The number of ketones is 1. The topological polar surface area (TPSA) is 47.9 Å². The second-order valence-electron chi connectivity index (χ2n) is 8.50. The van der Waals surface area contributed by atoms with E-state index < -0.39 is 0 Å². The normalized spacial score (nSPS) is 19.4. The molecule has 0 radical (unpaired) electrons. The lowest BCUT2D eigenvalue weighted by atomic mass is 9.75. The molecule has 4 nitrogen and oxygen atoms in total. The Bertz CT molecular complexity index is 1170. The fourth-order valence-electron chi connectivity index (χ4n) is 5.04. The third-order valence-corrected chi connectivity index (χ3v) is 6.69. The van der Waals surface area contributed by atoms with Gasteiger partial charge in [0.05, 0.1) is 26.0 Å². The average Bonchev–Trinajstić information content (AvgIpc) is 2.87. The summed E-state index contributed by atoms with van der Waals surface area (Å²) >= 11 is 0. The minimum atomic E-state index is 0.0295. The molecule has 2 aliphatic rings. The first kappa shape index (κ1) is 20.5. The summed E-state index contributed by atoms with van der Waals surface area (Å²) in [6, 6.07) is 21.7. The monoisotopic (exact) mass is 425 g/mol. The molecule has 3 aromatic rings. The van der Waals surface area contributed by atoms with Crippen LogP contribution in [0.4, 0.5) is 0 Å². The summed E-state index contributed by atoms with van der Waals surface area (Å²) in [5.41, 5.74) is 5.77. The summed E-state index contributed by atoms with van der Waals surface area (Å²) in [5, 5.41) is 0. The zero-order chi connectivity index (χ0) is 22.1. The van der Waals surface area contributed by atoms with E-state index in [1.807, 2.05) is 54.6 Å². The molecule has 32 heavy (non-hydrogen) atoms. The van der Waals surface area contributed by atoms with Gasteiger partial charge in [0.25, 0.3) is 0 Å². The molecule has 0 N–H and O–H groups in total. The van der Waals surface area contributed by atoms with Gasteiger partial charge in [-0.05, 0) is 30.5 Å². The first-order chi connectivity index (χ1) is 15.7. The summed E-state index contributed by atoms with van der Waals surface area (Å²) in [5.74, 6) is 1.92. The SMILES string of the molecule is COc1cc2c(cc1OC)C1CCCCC1N=C2c1ccc(C(=O)c2ccccc2)cc1. The van der Waals surface area contributed by atoms with Crippen LogP contribution in [0, 0.1) is 0 Å². The summed E-state index contributed by atoms with van der Waals surface area (Å²) in [6.45, 7) is 0. The largest absolute Gasteiger partial charge is 0.493 e. The fraction of sp³-hybridized carbons (Fsp3) is 0.286. The van der Waals surface area contributed by atoms with Crippen LogP contribution < -0.4 is 9.47 Å². The number of fused-ring (bicyclic) bond motifs is 3. The molecule has 1 saturated carbocycles. The van der Waals surface area contributed by atoms with Gasteiger partial charge in [-0.3, -0.25) is 9.79 Å². The van der Waals surface area contributed by atoms with Gasteiger partial charge in [0.15, 0.2) is 17.3 Å². The molecule has 0 spiro atoms. The number of rotatable bonds is 5. The minimum absolute atomic E-state index is 0.0295. The highest BCUT2D eigenvalue weighted by molar-refractivity contribution is 6.16. The molecule has 1 aliphatic carbocycles. The summed E-state index contributed by atoms with van der Waals surface area (Å²) in [4.78, 5) is 18.0. The lowest BCUT2D eigenvalue weighted by Crippen LogP contribution is -2.29. The maximum Gasteiger partial charge on any atom is 0.193 e. The van der Waals surface area contributed by atoms with E-state index >= 15 is 0 Å². The van der Waals surface area contributed by atoms with Crippen LogP contribution in [0.3, 0.4) is 0 Å². The maximum absolute atomic E-state index is 12.8. The fourth-order valence-corrected chi connectivity index (χ4v) is 5.04. The van der Waals surface area contributed by atoms with Crippen molar-refractivity contribution < 1.29 is 14.3 Å². The van der Waals surface area contributed by atoms with Gasteiger partial charge in [-0.25, -0.2) is 0 Å². The highest BCUT2D eigenvalue weighted by Gasteiger charge is 2.34. The third-order valence-electron chi connectivity index (χ3n) is 6.69. The highest BCUT2D eigenvalue weighted by atomic mass is 16.5. The number of carbonyl (C=O) groups excluding carboxylic acids is 1. The number of benzene rings is 3. The number of ether oxygens (including phenoxy) is 2. The van der Waals surface area contributed by atoms with Crippen LogP contribution in [0.25, 0.3) is 0 Å². The van der Waals surface area contributed by atoms with Crippen molar-refractivity contribution in [2.24, 2.45) is 4.99 Å². The van der Waals surface area contributed by atoms with E-state index in [-0.39, 0.29) is 11.8 Å². The highest BCUT2D eigenvalue weighted by Crippen LogP contribution is 2.44. The Balaban J connectivity index is 1.56. The smallest absolute Gasteiger partial charge is 0.193 e. The Hall–Kier alpha value is -3.40. The third kappa shape index (κ3) is 3.60. The van der Waals surface area contributed by atoms with Crippen molar-refractivity contribution in [2.75, 3.05) is 14.2 Å². The van der Waals surface area contributed by atoms with Crippen LogP contribution in [-0.2, 0) is 0 Å². The molecule has 2 unspecified atom stereocenters. The molecule has 2 atom stereocenters. The van der Waals surface area contributed by atoms with Crippen molar-refractivity contribution in [1.29, 1.82) is 0 Å². The predicted molar refractivity (Wildman–Crippen MR) is 126 cm³/mol.